The quantitative estimate of drug-likeness (QED) is 0.751. The summed E-state index contributed by atoms with van der Waals surface area (Å²) < 4.78 is 0. The Morgan fingerprint density at radius 1 is 0.941 bits per heavy atom. The molecule has 2 rings (SSSR count). The molecule has 0 aliphatic rings. The molecule has 0 fully saturated rings. The van der Waals surface area contributed by atoms with Gasteiger partial charge in [-0.15, -0.1) is 0 Å². The predicted octanol–water partition coefficient (Wildman–Crippen LogP) is 4.33. The molecule has 0 aliphatic carbocycles. The molecular formula is C16H19N. The molecule has 0 aromatic heterocycles. The smallest absolute Gasteiger partial charge is 0.0410 e. The highest BCUT2D eigenvalue weighted by Crippen LogP contribution is 2.24. The van der Waals surface area contributed by atoms with E-state index in [1.807, 2.05) is 0 Å². The van der Waals surface area contributed by atoms with Gasteiger partial charge in [0, 0.05) is 18.4 Å². The van der Waals surface area contributed by atoms with E-state index in [9.17, 15) is 0 Å². The van der Waals surface area contributed by atoms with Crippen LogP contribution in [-0.2, 0) is 6.42 Å². The zero-order chi connectivity index (χ0) is 12.3. The first kappa shape index (κ1) is 11.7. The number of nitrogens with zero attached hydrogens (tertiary/aromatic N) is 1. The van der Waals surface area contributed by atoms with Crippen molar-refractivity contribution >= 4 is 11.4 Å². The Hall–Kier alpha value is -1.76. The van der Waals surface area contributed by atoms with Gasteiger partial charge < -0.3 is 4.90 Å². The van der Waals surface area contributed by atoms with E-state index in [0.29, 0.717) is 0 Å². The lowest BCUT2D eigenvalue weighted by Gasteiger charge is -2.20. The summed E-state index contributed by atoms with van der Waals surface area (Å²) in [7, 11) is 2.11. The molecule has 0 saturated heterocycles. The van der Waals surface area contributed by atoms with E-state index in [1.54, 1.807) is 0 Å². The van der Waals surface area contributed by atoms with Crippen LogP contribution in [0.1, 0.15) is 18.1 Å². The number of hydrogen-bond acceptors (Lipinski definition) is 1. The van der Waals surface area contributed by atoms with Crippen molar-refractivity contribution in [3.8, 4) is 0 Å². The summed E-state index contributed by atoms with van der Waals surface area (Å²) >= 11 is 0. The van der Waals surface area contributed by atoms with Crippen LogP contribution in [0.2, 0.25) is 0 Å². The van der Waals surface area contributed by atoms with Crippen LogP contribution in [0.25, 0.3) is 0 Å². The van der Waals surface area contributed by atoms with Crippen LogP contribution in [0.5, 0.6) is 0 Å². The minimum atomic E-state index is 1.08. The molecule has 0 amide bonds. The van der Waals surface area contributed by atoms with Crippen molar-refractivity contribution in [1.82, 2.24) is 0 Å². The molecule has 0 unspecified atom stereocenters. The molecule has 2 aromatic rings. The summed E-state index contributed by atoms with van der Waals surface area (Å²) in [6, 6.07) is 17.3. The molecule has 0 aliphatic heterocycles. The number of benzene rings is 2. The fourth-order valence-corrected chi connectivity index (χ4v) is 1.97. The van der Waals surface area contributed by atoms with Crippen LogP contribution in [0.15, 0.2) is 48.5 Å². The zero-order valence-electron chi connectivity index (χ0n) is 10.8. The van der Waals surface area contributed by atoms with Crippen LogP contribution >= 0.6 is 0 Å². The van der Waals surface area contributed by atoms with Crippen LogP contribution in [-0.4, -0.2) is 7.05 Å². The standard InChI is InChI=1S/C16H19N/c1-4-14-8-6-10-16(12-14)17(3)15-9-5-7-13(2)11-15/h5-12H,4H2,1-3H3. The topological polar surface area (TPSA) is 3.24 Å². The van der Waals surface area contributed by atoms with Crippen LogP contribution < -0.4 is 4.90 Å². The maximum absolute atomic E-state index is 2.25. The average molecular weight is 225 g/mol. The van der Waals surface area contributed by atoms with Gasteiger partial charge in [-0.1, -0.05) is 31.2 Å². The van der Waals surface area contributed by atoms with Gasteiger partial charge >= 0.3 is 0 Å². The molecule has 88 valence electrons. The first-order valence-electron chi connectivity index (χ1n) is 6.10. The van der Waals surface area contributed by atoms with Crippen LogP contribution in [0.4, 0.5) is 11.4 Å². The van der Waals surface area contributed by atoms with Crippen molar-refractivity contribution in [1.29, 1.82) is 0 Å². The summed E-state index contributed by atoms with van der Waals surface area (Å²) in [6.07, 6.45) is 1.08. The van der Waals surface area contributed by atoms with Crippen molar-refractivity contribution in [2.75, 3.05) is 11.9 Å². The largest absolute Gasteiger partial charge is 0.345 e. The molecule has 1 heteroatoms. The van der Waals surface area contributed by atoms with Gasteiger partial charge in [-0.05, 0) is 48.7 Å². The maximum atomic E-state index is 2.25. The van der Waals surface area contributed by atoms with Gasteiger partial charge in [-0.2, -0.15) is 0 Å². The molecular weight excluding hydrogens is 206 g/mol. The minimum absolute atomic E-state index is 1.08. The molecule has 17 heavy (non-hydrogen) atoms. The Morgan fingerprint density at radius 2 is 1.59 bits per heavy atom. The van der Waals surface area contributed by atoms with Crippen molar-refractivity contribution in [3.63, 3.8) is 0 Å². The molecule has 2 aromatic carbocycles. The Bertz CT molecular complexity index is 502. The summed E-state index contributed by atoms with van der Waals surface area (Å²) in [5, 5.41) is 0. The van der Waals surface area contributed by atoms with E-state index >= 15 is 0 Å². The monoisotopic (exact) mass is 225 g/mol. The van der Waals surface area contributed by atoms with E-state index in [4.69, 9.17) is 0 Å². The molecule has 0 bridgehead atoms. The number of rotatable bonds is 3. The fraction of sp³-hybridized carbons (Fsp3) is 0.250. The molecule has 0 saturated carbocycles. The Labute approximate surface area is 104 Å². The fourth-order valence-electron chi connectivity index (χ4n) is 1.97. The van der Waals surface area contributed by atoms with Crippen molar-refractivity contribution in [2.45, 2.75) is 20.3 Å². The van der Waals surface area contributed by atoms with Gasteiger partial charge in [0.2, 0.25) is 0 Å². The molecule has 1 nitrogen and oxygen atoms in total. The predicted molar refractivity (Wildman–Crippen MR) is 75.1 cm³/mol. The van der Waals surface area contributed by atoms with Gasteiger partial charge in [0.05, 0.1) is 0 Å². The van der Waals surface area contributed by atoms with Gasteiger partial charge in [-0.25, -0.2) is 0 Å². The lowest BCUT2D eigenvalue weighted by atomic mass is 10.1. The van der Waals surface area contributed by atoms with Gasteiger partial charge in [0.25, 0.3) is 0 Å². The molecule has 0 radical (unpaired) electrons. The lowest BCUT2D eigenvalue weighted by Crippen LogP contribution is -2.09. The van der Waals surface area contributed by atoms with Crippen LogP contribution in [0.3, 0.4) is 0 Å². The second-order valence-corrected chi connectivity index (χ2v) is 4.42. The van der Waals surface area contributed by atoms with Gasteiger partial charge in [-0.3, -0.25) is 0 Å². The number of aryl methyl sites for hydroxylation is 2. The second kappa shape index (κ2) is 5.05. The Morgan fingerprint density at radius 3 is 2.24 bits per heavy atom. The summed E-state index contributed by atoms with van der Waals surface area (Å²) in [6.45, 7) is 4.31. The van der Waals surface area contributed by atoms with E-state index in [-0.39, 0.29) is 0 Å². The molecule has 0 spiro atoms. The van der Waals surface area contributed by atoms with Crippen molar-refractivity contribution < 1.29 is 0 Å². The summed E-state index contributed by atoms with van der Waals surface area (Å²) in [5.74, 6) is 0. The second-order valence-electron chi connectivity index (χ2n) is 4.42. The third-order valence-corrected chi connectivity index (χ3v) is 3.10. The Kier molecular flexibility index (Phi) is 3.48. The van der Waals surface area contributed by atoms with Crippen LogP contribution in [0, 0.1) is 6.92 Å². The highest BCUT2D eigenvalue weighted by Gasteiger charge is 2.04. The third kappa shape index (κ3) is 2.68. The van der Waals surface area contributed by atoms with E-state index in [1.165, 1.54) is 22.5 Å². The van der Waals surface area contributed by atoms with Gasteiger partial charge in [0.1, 0.15) is 0 Å². The number of hydrogen-bond donors (Lipinski definition) is 0. The third-order valence-electron chi connectivity index (χ3n) is 3.10. The Balaban J connectivity index is 2.33. The van der Waals surface area contributed by atoms with E-state index < -0.39 is 0 Å². The average Bonchev–Trinajstić information content (AvgIpc) is 2.38. The zero-order valence-corrected chi connectivity index (χ0v) is 10.8. The normalized spacial score (nSPS) is 10.3. The van der Waals surface area contributed by atoms with Gasteiger partial charge in [0.15, 0.2) is 0 Å². The van der Waals surface area contributed by atoms with Crippen molar-refractivity contribution in [3.05, 3.63) is 59.7 Å². The number of anilines is 2. The van der Waals surface area contributed by atoms with E-state index in [2.05, 4.69) is 74.3 Å². The minimum Gasteiger partial charge on any atom is -0.345 e. The summed E-state index contributed by atoms with van der Waals surface area (Å²) in [4.78, 5) is 2.23. The highest BCUT2D eigenvalue weighted by atomic mass is 15.1. The maximum Gasteiger partial charge on any atom is 0.0410 e. The van der Waals surface area contributed by atoms with E-state index in [0.717, 1.165) is 6.42 Å². The van der Waals surface area contributed by atoms with Crippen molar-refractivity contribution in [2.24, 2.45) is 0 Å². The summed E-state index contributed by atoms with van der Waals surface area (Å²) in [5.41, 5.74) is 5.15. The first-order valence-corrected chi connectivity index (χ1v) is 6.10. The molecule has 0 N–H and O–H groups in total. The lowest BCUT2D eigenvalue weighted by molar-refractivity contribution is 1.12. The molecule has 0 heterocycles. The SMILES string of the molecule is CCc1cccc(N(C)c2cccc(C)c2)c1. The first-order chi connectivity index (χ1) is 8.20. The molecule has 0 atom stereocenters. The highest BCUT2D eigenvalue weighted by molar-refractivity contribution is 5.63.